The summed E-state index contributed by atoms with van der Waals surface area (Å²) in [6, 6.07) is 8.03. The second-order valence-corrected chi connectivity index (χ2v) is 6.94. The average Bonchev–Trinajstić information content (AvgIpc) is 3.24. The Morgan fingerprint density at radius 1 is 1.23 bits per heavy atom. The number of benzene rings is 1. The molecule has 1 atom stereocenters. The molecule has 0 aliphatic heterocycles. The van der Waals surface area contributed by atoms with Gasteiger partial charge in [-0.2, -0.15) is 0 Å². The Bertz CT molecular complexity index is 1100. The van der Waals surface area contributed by atoms with Gasteiger partial charge in [-0.05, 0) is 50.1 Å². The molecule has 0 spiro atoms. The molecule has 0 fully saturated rings. The van der Waals surface area contributed by atoms with E-state index in [0.717, 1.165) is 10.9 Å². The summed E-state index contributed by atoms with van der Waals surface area (Å²) in [5.41, 5.74) is 1.16. The van der Waals surface area contributed by atoms with Gasteiger partial charge >= 0.3 is 5.63 Å². The van der Waals surface area contributed by atoms with E-state index in [4.69, 9.17) is 13.6 Å². The van der Waals surface area contributed by atoms with Gasteiger partial charge in [0.2, 0.25) is 11.8 Å². The number of carbonyl (C=O) groups is 2. The third kappa shape index (κ3) is 4.89. The van der Waals surface area contributed by atoms with E-state index in [2.05, 4.69) is 10.6 Å². The van der Waals surface area contributed by atoms with Crippen molar-refractivity contribution >= 4 is 22.8 Å². The lowest BCUT2D eigenvalue weighted by Gasteiger charge is -2.14. The lowest BCUT2D eigenvalue weighted by molar-refractivity contribution is -0.128. The molecule has 158 valence electrons. The third-order valence-electron chi connectivity index (χ3n) is 4.88. The maximum absolute atomic E-state index is 12.4. The fourth-order valence-corrected chi connectivity index (χ4v) is 3.15. The van der Waals surface area contributed by atoms with Gasteiger partial charge in [0.1, 0.15) is 23.1 Å². The molecule has 8 heteroatoms. The Labute approximate surface area is 173 Å². The van der Waals surface area contributed by atoms with Gasteiger partial charge in [-0.25, -0.2) is 4.79 Å². The zero-order valence-corrected chi connectivity index (χ0v) is 17.1. The van der Waals surface area contributed by atoms with Gasteiger partial charge in [-0.15, -0.1) is 0 Å². The minimum atomic E-state index is -0.714. The van der Waals surface area contributed by atoms with E-state index in [1.165, 1.54) is 13.4 Å². The van der Waals surface area contributed by atoms with E-state index in [9.17, 15) is 14.4 Å². The number of rotatable bonds is 8. The summed E-state index contributed by atoms with van der Waals surface area (Å²) in [7, 11) is 1.54. The van der Waals surface area contributed by atoms with Crippen LogP contribution in [0.15, 0.2) is 50.2 Å². The Kier molecular flexibility index (Phi) is 6.56. The molecule has 8 nitrogen and oxygen atoms in total. The fraction of sp³-hybridized carbons (Fsp3) is 0.318. The summed E-state index contributed by atoms with van der Waals surface area (Å²) in [5.74, 6) is 0.564. The van der Waals surface area contributed by atoms with Gasteiger partial charge in [0.25, 0.3) is 0 Å². The number of amides is 2. The molecule has 0 saturated carbocycles. The van der Waals surface area contributed by atoms with Crippen LogP contribution in [0.4, 0.5) is 0 Å². The molecule has 30 heavy (non-hydrogen) atoms. The summed E-state index contributed by atoms with van der Waals surface area (Å²) in [6.07, 6.45) is 1.79. The highest BCUT2D eigenvalue weighted by Gasteiger charge is 2.18. The van der Waals surface area contributed by atoms with E-state index in [-0.39, 0.29) is 31.2 Å². The quantitative estimate of drug-likeness (QED) is 0.550. The van der Waals surface area contributed by atoms with E-state index in [1.807, 2.05) is 13.0 Å². The molecular formula is C22H24N2O6. The maximum atomic E-state index is 12.4. The summed E-state index contributed by atoms with van der Waals surface area (Å²) < 4.78 is 15.7. The largest absolute Gasteiger partial charge is 0.497 e. The first kappa shape index (κ1) is 21.2. The highest BCUT2D eigenvalue weighted by molar-refractivity contribution is 5.87. The van der Waals surface area contributed by atoms with Crippen LogP contribution >= 0.6 is 0 Å². The highest BCUT2D eigenvalue weighted by atomic mass is 16.5. The molecule has 3 rings (SSSR count). The number of nitrogens with one attached hydrogen (secondary N) is 2. The number of furan rings is 1. The minimum absolute atomic E-state index is 0.0586. The molecule has 2 amide bonds. The second kappa shape index (κ2) is 9.30. The summed E-state index contributed by atoms with van der Waals surface area (Å²) in [6.45, 7) is 3.66. The van der Waals surface area contributed by atoms with E-state index >= 15 is 0 Å². The summed E-state index contributed by atoms with van der Waals surface area (Å²) >= 11 is 0. The number of methoxy groups -OCH3 is 1. The van der Waals surface area contributed by atoms with Crippen LogP contribution < -0.4 is 21.0 Å². The molecule has 0 saturated heterocycles. The van der Waals surface area contributed by atoms with E-state index in [0.29, 0.717) is 22.7 Å². The van der Waals surface area contributed by atoms with Crippen molar-refractivity contribution in [2.75, 3.05) is 7.11 Å². The Balaban J connectivity index is 1.59. The highest BCUT2D eigenvalue weighted by Crippen LogP contribution is 2.24. The van der Waals surface area contributed by atoms with Crippen molar-refractivity contribution in [3.63, 3.8) is 0 Å². The molecule has 3 aromatic rings. The van der Waals surface area contributed by atoms with Crippen LogP contribution in [0.3, 0.4) is 0 Å². The first-order chi connectivity index (χ1) is 14.4. The molecule has 0 aliphatic rings. The zero-order valence-electron chi connectivity index (χ0n) is 17.1. The van der Waals surface area contributed by atoms with Gasteiger partial charge in [-0.1, -0.05) is 0 Å². The van der Waals surface area contributed by atoms with Crippen LogP contribution in [0.1, 0.15) is 30.2 Å². The standard InChI is InChI=1S/C22H24N2O6/c1-13-17-7-6-15(28-3)11-19(17)30-22(27)18(13)8-9-20(25)24-14(2)21(26)23-12-16-5-4-10-29-16/h4-7,10-11,14H,8-9,12H2,1-3H3,(H,23,26)(H,24,25). The van der Waals surface area contributed by atoms with Crippen LogP contribution in [0.2, 0.25) is 0 Å². The minimum Gasteiger partial charge on any atom is -0.497 e. The number of hydrogen-bond donors (Lipinski definition) is 2. The molecule has 1 unspecified atom stereocenters. The van der Waals surface area contributed by atoms with Crippen LogP contribution in [-0.2, 0) is 22.6 Å². The van der Waals surface area contributed by atoms with Crippen molar-refractivity contribution in [2.45, 2.75) is 39.3 Å². The van der Waals surface area contributed by atoms with E-state index < -0.39 is 11.7 Å². The van der Waals surface area contributed by atoms with Crippen LogP contribution in [0.5, 0.6) is 5.75 Å². The van der Waals surface area contributed by atoms with Crippen molar-refractivity contribution in [1.29, 1.82) is 0 Å². The van der Waals surface area contributed by atoms with Gasteiger partial charge in [0.05, 0.1) is 19.9 Å². The van der Waals surface area contributed by atoms with Crippen molar-refractivity contribution in [3.05, 3.63) is 63.9 Å². The lowest BCUT2D eigenvalue weighted by Crippen LogP contribution is -2.44. The SMILES string of the molecule is COc1ccc2c(C)c(CCC(=O)NC(C)C(=O)NCc3ccco3)c(=O)oc2c1. The summed E-state index contributed by atoms with van der Waals surface area (Å²) in [5, 5.41) is 6.12. The monoisotopic (exact) mass is 412 g/mol. The number of ether oxygens (including phenoxy) is 1. The fourth-order valence-electron chi connectivity index (χ4n) is 3.15. The smallest absolute Gasteiger partial charge is 0.339 e. The average molecular weight is 412 g/mol. The van der Waals surface area contributed by atoms with Crippen molar-refractivity contribution in [2.24, 2.45) is 0 Å². The van der Waals surface area contributed by atoms with Crippen LogP contribution in [-0.4, -0.2) is 25.0 Å². The first-order valence-electron chi connectivity index (χ1n) is 9.59. The van der Waals surface area contributed by atoms with Crippen LogP contribution in [0.25, 0.3) is 11.0 Å². The number of carbonyl (C=O) groups excluding carboxylic acids is 2. The molecule has 1 aromatic carbocycles. The molecule has 0 bridgehead atoms. The first-order valence-corrected chi connectivity index (χ1v) is 9.59. The molecule has 0 radical (unpaired) electrons. The summed E-state index contributed by atoms with van der Waals surface area (Å²) in [4.78, 5) is 36.8. The Morgan fingerprint density at radius 2 is 2.03 bits per heavy atom. The number of aryl methyl sites for hydroxylation is 1. The topological polar surface area (TPSA) is 111 Å². The van der Waals surface area contributed by atoms with Crippen molar-refractivity contribution < 1.29 is 23.2 Å². The van der Waals surface area contributed by atoms with Gasteiger partial charge in [0.15, 0.2) is 0 Å². The second-order valence-electron chi connectivity index (χ2n) is 6.94. The van der Waals surface area contributed by atoms with Gasteiger partial charge in [-0.3, -0.25) is 9.59 Å². The molecule has 2 aromatic heterocycles. The third-order valence-corrected chi connectivity index (χ3v) is 4.88. The predicted molar refractivity (Wildman–Crippen MR) is 110 cm³/mol. The molecule has 2 N–H and O–H groups in total. The number of hydrogen-bond acceptors (Lipinski definition) is 6. The van der Waals surface area contributed by atoms with Crippen LogP contribution in [0, 0.1) is 6.92 Å². The Hall–Kier alpha value is -3.55. The molecule has 0 aliphatic carbocycles. The zero-order chi connectivity index (χ0) is 21.7. The van der Waals surface area contributed by atoms with Crippen molar-refractivity contribution in [3.8, 4) is 5.75 Å². The number of fused-ring (bicyclic) bond motifs is 1. The molecule has 2 heterocycles. The Morgan fingerprint density at radius 3 is 2.73 bits per heavy atom. The van der Waals surface area contributed by atoms with Crippen molar-refractivity contribution in [1.82, 2.24) is 10.6 Å². The van der Waals surface area contributed by atoms with Gasteiger partial charge in [0, 0.05) is 23.4 Å². The normalized spacial score (nSPS) is 11.8. The van der Waals surface area contributed by atoms with E-state index in [1.54, 1.807) is 31.2 Å². The van der Waals surface area contributed by atoms with Gasteiger partial charge < -0.3 is 24.2 Å². The lowest BCUT2D eigenvalue weighted by atomic mass is 10.0. The predicted octanol–water partition coefficient (Wildman–Crippen LogP) is 2.46. The maximum Gasteiger partial charge on any atom is 0.339 e. The molecular weight excluding hydrogens is 388 g/mol.